The summed E-state index contributed by atoms with van der Waals surface area (Å²) >= 11 is 0. The summed E-state index contributed by atoms with van der Waals surface area (Å²) < 4.78 is 0. The SMILES string of the molecule is CC(C)[C@H](N)C(=O)NCC(=O)Nc1cccc2c1CCCC2.Cl. The van der Waals surface area contributed by atoms with E-state index in [1.807, 2.05) is 26.0 Å². The summed E-state index contributed by atoms with van der Waals surface area (Å²) in [6, 6.07) is 5.42. The maximum atomic E-state index is 12.0. The number of nitrogens with two attached hydrogens (primary N) is 1. The molecule has 0 heterocycles. The number of anilines is 1. The molecule has 2 amide bonds. The van der Waals surface area contributed by atoms with Crippen LogP contribution in [0.4, 0.5) is 5.69 Å². The van der Waals surface area contributed by atoms with E-state index >= 15 is 0 Å². The summed E-state index contributed by atoms with van der Waals surface area (Å²) in [5.41, 5.74) is 9.16. The monoisotopic (exact) mass is 339 g/mol. The smallest absolute Gasteiger partial charge is 0.243 e. The summed E-state index contributed by atoms with van der Waals surface area (Å²) in [7, 11) is 0. The fourth-order valence-electron chi connectivity index (χ4n) is 2.68. The van der Waals surface area contributed by atoms with Crippen LogP contribution in [-0.4, -0.2) is 24.4 Å². The fraction of sp³-hybridized carbons (Fsp3) is 0.529. The van der Waals surface area contributed by atoms with Crippen molar-refractivity contribution in [2.24, 2.45) is 11.7 Å². The number of halogens is 1. The molecular formula is C17H26ClN3O2. The zero-order chi connectivity index (χ0) is 16.1. The van der Waals surface area contributed by atoms with E-state index in [4.69, 9.17) is 5.73 Å². The minimum Gasteiger partial charge on any atom is -0.346 e. The Kier molecular flexibility index (Phi) is 7.52. The van der Waals surface area contributed by atoms with Gasteiger partial charge in [-0.2, -0.15) is 0 Å². The molecule has 4 N–H and O–H groups in total. The minimum atomic E-state index is -0.586. The zero-order valence-corrected chi connectivity index (χ0v) is 14.5. The largest absolute Gasteiger partial charge is 0.346 e. The fourth-order valence-corrected chi connectivity index (χ4v) is 2.68. The second-order valence-electron chi connectivity index (χ2n) is 6.19. The van der Waals surface area contributed by atoms with Crippen LogP contribution in [0.2, 0.25) is 0 Å². The predicted molar refractivity (Wildman–Crippen MR) is 94.8 cm³/mol. The van der Waals surface area contributed by atoms with Gasteiger partial charge < -0.3 is 16.4 Å². The standard InChI is InChI=1S/C17H25N3O2.ClH/c1-11(2)16(18)17(22)19-10-15(21)20-14-9-5-7-12-6-3-4-8-13(12)14;/h5,7,9,11,16H,3-4,6,8,10,18H2,1-2H3,(H,19,22)(H,20,21);1H/t16-;/m0./s1. The van der Waals surface area contributed by atoms with Crippen molar-refractivity contribution in [1.82, 2.24) is 5.32 Å². The molecule has 0 aromatic heterocycles. The van der Waals surface area contributed by atoms with E-state index in [0.717, 1.165) is 24.9 Å². The Bertz CT molecular complexity index is 561. The molecule has 0 bridgehead atoms. The van der Waals surface area contributed by atoms with Crippen molar-refractivity contribution in [3.8, 4) is 0 Å². The van der Waals surface area contributed by atoms with E-state index in [9.17, 15) is 9.59 Å². The van der Waals surface area contributed by atoms with Crippen LogP contribution in [0.25, 0.3) is 0 Å². The summed E-state index contributed by atoms with van der Waals surface area (Å²) in [6.45, 7) is 3.70. The average Bonchev–Trinajstić information content (AvgIpc) is 2.52. The molecule has 128 valence electrons. The third kappa shape index (κ3) is 5.22. The molecule has 0 saturated heterocycles. The van der Waals surface area contributed by atoms with Crippen LogP contribution in [0.15, 0.2) is 18.2 Å². The first-order chi connectivity index (χ1) is 10.5. The van der Waals surface area contributed by atoms with Gasteiger partial charge >= 0.3 is 0 Å². The van der Waals surface area contributed by atoms with Gasteiger partial charge in [-0.05, 0) is 48.8 Å². The lowest BCUT2D eigenvalue weighted by Crippen LogP contribution is -2.46. The second kappa shape index (κ2) is 8.89. The van der Waals surface area contributed by atoms with Crippen LogP contribution in [0.1, 0.15) is 37.8 Å². The Labute approximate surface area is 143 Å². The number of fused-ring (bicyclic) bond motifs is 1. The van der Waals surface area contributed by atoms with Gasteiger partial charge in [0.05, 0.1) is 12.6 Å². The maximum absolute atomic E-state index is 12.0. The normalized spacial score (nSPS) is 14.4. The molecule has 5 nitrogen and oxygen atoms in total. The van der Waals surface area contributed by atoms with Crippen LogP contribution in [-0.2, 0) is 22.4 Å². The van der Waals surface area contributed by atoms with Crippen molar-refractivity contribution in [2.75, 3.05) is 11.9 Å². The maximum Gasteiger partial charge on any atom is 0.243 e. The van der Waals surface area contributed by atoms with E-state index in [1.54, 1.807) is 0 Å². The van der Waals surface area contributed by atoms with Crippen molar-refractivity contribution < 1.29 is 9.59 Å². The number of carbonyl (C=O) groups excluding carboxylic acids is 2. The molecule has 2 rings (SSSR count). The van der Waals surface area contributed by atoms with Crippen LogP contribution in [0, 0.1) is 5.92 Å². The highest BCUT2D eigenvalue weighted by Gasteiger charge is 2.18. The summed E-state index contributed by atoms with van der Waals surface area (Å²) in [4.78, 5) is 23.8. The molecule has 1 aromatic carbocycles. The van der Waals surface area contributed by atoms with E-state index in [-0.39, 0.29) is 36.7 Å². The minimum absolute atomic E-state index is 0. The van der Waals surface area contributed by atoms with Gasteiger partial charge in [0, 0.05) is 5.69 Å². The first-order valence-corrected chi connectivity index (χ1v) is 7.93. The van der Waals surface area contributed by atoms with E-state index < -0.39 is 6.04 Å². The quantitative estimate of drug-likeness (QED) is 0.767. The van der Waals surface area contributed by atoms with Crippen molar-refractivity contribution in [2.45, 2.75) is 45.6 Å². The van der Waals surface area contributed by atoms with Crippen molar-refractivity contribution in [3.63, 3.8) is 0 Å². The lowest BCUT2D eigenvalue weighted by Gasteiger charge is -2.20. The molecule has 0 radical (unpaired) electrons. The molecule has 1 atom stereocenters. The van der Waals surface area contributed by atoms with Crippen molar-refractivity contribution in [1.29, 1.82) is 0 Å². The molecule has 1 aliphatic carbocycles. The van der Waals surface area contributed by atoms with Gasteiger partial charge in [0.25, 0.3) is 0 Å². The summed E-state index contributed by atoms with van der Waals surface area (Å²) in [6.07, 6.45) is 4.42. The van der Waals surface area contributed by atoms with Gasteiger partial charge in [-0.25, -0.2) is 0 Å². The second-order valence-corrected chi connectivity index (χ2v) is 6.19. The Morgan fingerprint density at radius 3 is 2.61 bits per heavy atom. The Balaban J connectivity index is 0.00000264. The third-order valence-corrected chi connectivity index (χ3v) is 4.11. The number of amides is 2. The highest BCUT2D eigenvalue weighted by molar-refractivity contribution is 5.96. The topological polar surface area (TPSA) is 84.2 Å². The average molecular weight is 340 g/mol. The van der Waals surface area contributed by atoms with E-state index in [0.29, 0.717) is 0 Å². The number of rotatable bonds is 5. The van der Waals surface area contributed by atoms with Crippen LogP contribution in [0.5, 0.6) is 0 Å². The number of nitrogens with one attached hydrogen (secondary N) is 2. The molecule has 0 aliphatic heterocycles. The first kappa shape index (κ1) is 19.5. The molecule has 23 heavy (non-hydrogen) atoms. The van der Waals surface area contributed by atoms with E-state index in [1.165, 1.54) is 17.5 Å². The number of hydrogen-bond donors (Lipinski definition) is 3. The van der Waals surface area contributed by atoms with Gasteiger partial charge in [0.15, 0.2) is 0 Å². The molecule has 0 fully saturated rings. The molecule has 0 spiro atoms. The van der Waals surface area contributed by atoms with Gasteiger partial charge in [-0.1, -0.05) is 26.0 Å². The lowest BCUT2D eigenvalue weighted by molar-refractivity contribution is -0.125. The molecular weight excluding hydrogens is 314 g/mol. The molecule has 0 unspecified atom stereocenters. The predicted octanol–water partition coefficient (Wildman–Crippen LogP) is 2.03. The lowest BCUT2D eigenvalue weighted by atomic mass is 9.90. The summed E-state index contributed by atoms with van der Waals surface area (Å²) in [5.74, 6) is -0.465. The number of hydrogen-bond acceptors (Lipinski definition) is 3. The number of carbonyl (C=O) groups is 2. The molecule has 1 aliphatic rings. The third-order valence-electron chi connectivity index (χ3n) is 4.11. The Morgan fingerprint density at radius 2 is 1.91 bits per heavy atom. The van der Waals surface area contributed by atoms with Crippen LogP contribution >= 0.6 is 12.4 Å². The Morgan fingerprint density at radius 1 is 1.22 bits per heavy atom. The van der Waals surface area contributed by atoms with Crippen LogP contribution < -0.4 is 16.4 Å². The zero-order valence-electron chi connectivity index (χ0n) is 13.7. The van der Waals surface area contributed by atoms with Crippen molar-refractivity contribution in [3.05, 3.63) is 29.3 Å². The van der Waals surface area contributed by atoms with Gasteiger partial charge in [-0.15, -0.1) is 12.4 Å². The number of benzene rings is 1. The summed E-state index contributed by atoms with van der Waals surface area (Å²) in [5, 5.41) is 5.49. The highest BCUT2D eigenvalue weighted by atomic mass is 35.5. The van der Waals surface area contributed by atoms with E-state index in [2.05, 4.69) is 16.7 Å². The molecule has 6 heteroatoms. The molecule has 1 aromatic rings. The first-order valence-electron chi connectivity index (χ1n) is 7.93. The van der Waals surface area contributed by atoms with Crippen LogP contribution in [0.3, 0.4) is 0 Å². The van der Waals surface area contributed by atoms with Gasteiger partial charge in [-0.3, -0.25) is 9.59 Å². The van der Waals surface area contributed by atoms with Gasteiger partial charge in [0.1, 0.15) is 0 Å². The highest BCUT2D eigenvalue weighted by Crippen LogP contribution is 2.27. The van der Waals surface area contributed by atoms with Gasteiger partial charge in [0.2, 0.25) is 11.8 Å². The Hall–Kier alpha value is -1.59. The van der Waals surface area contributed by atoms with Crippen molar-refractivity contribution >= 4 is 29.9 Å². The molecule has 0 saturated carbocycles. The number of aryl methyl sites for hydroxylation is 1.